The van der Waals surface area contributed by atoms with Crippen LogP contribution >= 0.6 is 11.8 Å². The molecule has 1 aromatic rings. The van der Waals surface area contributed by atoms with Gasteiger partial charge in [-0.1, -0.05) is 18.2 Å². The molecule has 0 bridgehead atoms. The van der Waals surface area contributed by atoms with Crippen LogP contribution in [0.4, 0.5) is 5.69 Å². The van der Waals surface area contributed by atoms with E-state index in [1.165, 1.54) is 0 Å². The average Bonchev–Trinajstić information content (AvgIpc) is 2.38. The number of hydrogen-bond donors (Lipinski definition) is 1. The van der Waals surface area contributed by atoms with Crippen molar-refractivity contribution in [3.05, 3.63) is 30.3 Å². The Morgan fingerprint density at radius 1 is 1.24 bits per heavy atom. The molecule has 0 radical (unpaired) electrons. The first-order valence-electron chi connectivity index (χ1n) is 5.74. The summed E-state index contributed by atoms with van der Waals surface area (Å²) in [6, 6.07) is 12.2. The molecule has 1 rings (SSSR count). The van der Waals surface area contributed by atoms with E-state index >= 15 is 0 Å². The molecule has 0 aliphatic rings. The number of benzene rings is 1. The van der Waals surface area contributed by atoms with Crippen LogP contribution in [0.5, 0.6) is 0 Å². The summed E-state index contributed by atoms with van der Waals surface area (Å²) in [4.78, 5) is 2.17. The molecular formula is C13H18N2OS. The number of hydrogen-bond acceptors (Lipinski definition) is 4. The topological polar surface area (TPSA) is 47.3 Å². The molecule has 0 aliphatic heterocycles. The van der Waals surface area contributed by atoms with Gasteiger partial charge in [0.05, 0.1) is 18.4 Å². The lowest BCUT2D eigenvalue weighted by Crippen LogP contribution is -2.28. The molecule has 0 amide bonds. The summed E-state index contributed by atoms with van der Waals surface area (Å²) in [5.41, 5.74) is 1.15. The van der Waals surface area contributed by atoms with Crippen molar-refractivity contribution in [2.45, 2.75) is 6.42 Å². The molecule has 0 fully saturated rings. The molecule has 0 heterocycles. The van der Waals surface area contributed by atoms with Crippen molar-refractivity contribution in [1.82, 2.24) is 0 Å². The summed E-state index contributed by atoms with van der Waals surface area (Å²) < 4.78 is 0. The molecule has 3 nitrogen and oxygen atoms in total. The lowest BCUT2D eigenvalue weighted by Gasteiger charge is -2.23. The van der Waals surface area contributed by atoms with Crippen molar-refractivity contribution >= 4 is 17.4 Å². The zero-order valence-corrected chi connectivity index (χ0v) is 10.7. The van der Waals surface area contributed by atoms with E-state index in [2.05, 4.69) is 23.1 Å². The lowest BCUT2D eigenvalue weighted by atomic mass is 10.2. The molecule has 92 valence electrons. The summed E-state index contributed by atoms with van der Waals surface area (Å²) in [6.07, 6.45) is 1.03. The second-order valence-corrected chi connectivity index (χ2v) is 4.72. The molecule has 1 N–H and O–H groups in total. The third kappa shape index (κ3) is 5.62. The molecule has 0 atom stereocenters. The van der Waals surface area contributed by atoms with Gasteiger partial charge in [0.1, 0.15) is 0 Å². The van der Waals surface area contributed by atoms with Crippen LogP contribution in [0.3, 0.4) is 0 Å². The molecule has 0 unspecified atom stereocenters. The van der Waals surface area contributed by atoms with E-state index in [0.29, 0.717) is 12.3 Å². The van der Waals surface area contributed by atoms with E-state index in [9.17, 15) is 0 Å². The Morgan fingerprint density at radius 2 is 2.00 bits per heavy atom. The maximum atomic E-state index is 9.05. The number of nitriles is 1. The van der Waals surface area contributed by atoms with Gasteiger partial charge in [-0.2, -0.15) is 5.26 Å². The van der Waals surface area contributed by atoms with Gasteiger partial charge in [0.15, 0.2) is 0 Å². The number of rotatable bonds is 8. The molecule has 1 aromatic carbocycles. The van der Waals surface area contributed by atoms with Crippen LogP contribution in [-0.2, 0) is 0 Å². The minimum absolute atomic E-state index is 0.167. The van der Waals surface area contributed by atoms with Gasteiger partial charge >= 0.3 is 0 Å². The van der Waals surface area contributed by atoms with Crippen molar-refractivity contribution in [2.24, 2.45) is 0 Å². The molecule has 0 spiro atoms. The first kappa shape index (κ1) is 13.9. The predicted octanol–water partition coefficient (Wildman–Crippen LogP) is 2.13. The molecule has 0 saturated carbocycles. The number of nitrogens with zero attached hydrogens (tertiary/aromatic N) is 2. The van der Waals surface area contributed by atoms with E-state index in [1.54, 1.807) is 11.8 Å². The quantitative estimate of drug-likeness (QED) is 0.718. The average molecular weight is 250 g/mol. The van der Waals surface area contributed by atoms with Crippen LogP contribution in [0.2, 0.25) is 0 Å². The monoisotopic (exact) mass is 250 g/mol. The Balaban J connectivity index is 2.37. The number of aliphatic hydroxyl groups excluding tert-OH is 1. The standard InChI is InChI=1S/C13H18N2OS/c14-7-12-17-11-4-8-15(9-10-16)13-5-2-1-3-6-13/h1-3,5-6,16H,4,8-12H2. The highest BCUT2D eigenvalue weighted by Gasteiger charge is 2.04. The highest BCUT2D eigenvalue weighted by Crippen LogP contribution is 2.13. The van der Waals surface area contributed by atoms with Gasteiger partial charge in [0.2, 0.25) is 0 Å². The number of aliphatic hydroxyl groups is 1. The number of thioether (sulfide) groups is 1. The fraction of sp³-hybridized carbons (Fsp3) is 0.462. The summed E-state index contributed by atoms with van der Waals surface area (Å²) in [6.45, 7) is 1.75. The Hall–Kier alpha value is -1.18. The van der Waals surface area contributed by atoms with Crippen molar-refractivity contribution in [3.63, 3.8) is 0 Å². The fourth-order valence-corrected chi connectivity index (χ4v) is 2.17. The van der Waals surface area contributed by atoms with E-state index in [1.807, 2.05) is 18.2 Å². The van der Waals surface area contributed by atoms with Gasteiger partial charge in [0.25, 0.3) is 0 Å². The van der Waals surface area contributed by atoms with E-state index in [0.717, 1.165) is 24.4 Å². The summed E-state index contributed by atoms with van der Waals surface area (Å²) in [5, 5.41) is 17.5. The third-order valence-electron chi connectivity index (χ3n) is 2.37. The Labute approximate surface area is 107 Å². The summed E-state index contributed by atoms with van der Waals surface area (Å²) >= 11 is 1.66. The molecule has 0 aromatic heterocycles. The van der Waals surface area contributed by atoms with E-state index in [4.69, 9.17) is 10.4 Å². The van der Waals surface area contributed by atoms with Crippen LogP contribution in [-0.4, -0.2) is 36.3 Å². The minimum atomic E-state index is 0.167. The van der Waals surface area contributed by atoms with Gasteiger partial charge in [-0.3, -0.25) is 0 Å². The normalized spacial score (nSPS) is 9.88. The van der Waals surface area contributed by atoms with Crippen LogP contribution in [0.25, 0.3) is 0 Å². The number of para-hydroxylation sites is 1. The first-order valence-corrected chi connectivity index (χ1v) is 6.89. The molecule has 0 aliphatic carbocycles. The zero-order valence-electron chi connectivity index (χ0n) is 9.88. The lowest BCUT2D eigenvalue weighted by molar-refractivity contribution is 0.302. The van der Waals surface area contributed by atoms with Crippen molar-refractivity contribution in [2.75, 3.05) is 36.1 Å². The fourth-order valence-electron chi connectivity index (χ4n) is 1.60. The van der Waals surface area contributed by atoms with Gasteiger partial charge in [0, 0.05) is 18.8 Å². The highest BCUT2D eigenvalue weighted by molar-refractivity contribution is 7.99. The molecule has 0 saturated heterocycles. The van der Waals surface area contributed by atoms with E-state index < -0.39 is 0 Å². The van der Waals surface area contributed by atoms with Gasteiger partial charge < -0.3 is 10.0 Å². The molecule has 4 heteroatoms. The van der Waals surface area contributed by atoms with Crippen LogP contribution in [0.15, 0.2) is 30.3 Å². The maximum absolute atomic E-state index is 9.05. The molecule has 17 heavy (non-hydrogen) atoms. The van der Waals surface area contributed by atoms with Gasteiger partial charge in [-0.25, -0.2) is 0 Å². The van der Waals surface area contributed by atoms with Gasteiger partial charge in [-0.15, -0.1) is 11.8 Å². The first-order chi connectivity index (χ1) is 8.38. The SMILES string of the molecule is N#CCSCCCN(CCO)c1ccccc1. The van der Waals surface area contributed by atoms with Gasteiger partial charge in [-0.05, 0) is 24.3 Å². The van der Waals surface area contributed by atoms with Crippen molar-refractivity contribution in [1.29, 1.82) is 5.26 Å². The van der Waals surface area contributed by atoms with Crippen molar-refractivity contribution < 1.29 is 5.11 Å². The van der Waals surface area contributed by atoms with E-state index in [-0.39, 0.29) is 6.61 Å². The van der Waals surface area contributed by atoms with Crippen LogP contribution in [0, 0.1) is 11.3 Å². The summed E-state index contributed by atoms with van der Waals surface area (Å²) in [5.74, 6) is 1.55. The predicted molar refractivity (Wildman–Crippen MR) is 73.3 cm³/mol. The second kappa shape index (κ2) is 8.91. The zero-order chi connectivity index (χ0) is 12.3. The highest BCUT2D eigenvalue weighted by atomic mass is 32.2. The largest absolute Gasteiger partial charge is 0.395 e. The maximum Gasteiger partial charge on any atom is 0.0808 e. The third-order valence-corrected chi connectivity index (χ3v) is 3.29. The number of anilines is 1. The molecular weight excluding hydrogens is 232 g/mol. The summed E-state index contributed by atoms with van der Waals surface area (Å²) in [7, 11) is 0. The Morgan fingerprint density at radius 3 is 2.65 bits per heavy atom. The van der Waals surface area contributed by atoms with Crippen molar-refractivity contribution in [3.8, 4) is 6.07 Å². The van der Waals surface area contributed by atoms with Crippen LogP contribution in [0.1, 0.15) is 6.42 Å². The smallest absolute Gasteiger partial charge is 0.0808 e. The second-order valence-electron chi connectivity index (χ2n) is 3.61. The van der Waals surface area contributed by atoms with Crippen LogP contribution < -0.4 is 4.90 Å². The Bertz CT molecular complexity index is 337. The Kier molecular flexibility index (Phi) is 7.28. The minimum Gasteiger partial charge on any atom is -0.395 e.